The molecule has 0 aliphatic rings. The predicted octanol–water partition coefficient (Wildman–Crippen LogP) is 3.15. The number of hydrogen-bond donors (Lipinski definition) is 2. The molecule has 5 nitrogen and oxygen atoms in total. The zero-order chi connectivity index (χ0) is 17.5. The molecular weight excluding hydrogens is 328 g/mol. The summed E-state index contributed by atoms with van der Waals surface area (Å²) in [7, 11) is 1.34. The van der Waals surface area contributed by atoms with Crippen molar-refractivity contribution in [3.05, 3.63) is 64.7 Å². The third kappa shape index (κ3) is 4.81. The van der Waals surface area contributed by atoms with Crippen molar-refractivity contribution in [3.8, 4) is 0 Å². The third-order valence-corrected chi connectivity index (χ3v) is 3.68. The molecule has 2 rings (SSSR count). The number of benzene rings is 2. The molecule has 0 fully saturated rings. The van der Waals surface area contributed by atoms with Crippen molar-refractivity contribution in [3.63, 3.8) is 0 Å². The highest BCUT2D eigenvalue weighted by Crippen LogP contribution is 2.31. The Morgan fingerprint density at radius 3 is 2.50 bits per heavy atom. The van der Waals surface area contributed by atoms with Crippen LogP contribution in [0.5, 0.6) is 0 Å². The largest absolute Gasteiger partial charge is 0.468 e. The average Bonchev–Trinajstić information content (AvgIpc) is 2.57. The third-order valence-electron chi connectivity index (χ3n) is 3.45. The van der Waals surface area contributed by atoms with Crippen LogP contribution in [-0.4, -0.2) is 25.5 Å². The Morgan fingerprint density at radius 1 is 1.17 bits per heavy atom. The summed E-state index contributed by atoms with van der Waals surface area (Å²) in [4.78, 5) is 23.0. The highest BCUT2D eigenvalue weighted by atomic mass is 35.5. The van der Waals surface area contributed by atoms with Crippen LogP contribution in [0.15, 0.2) is 48.5 Å². The molecule has 0 saturated heterocycles. The number of methoxy groups -OCH3 is 1. The first-order valence-corrected chi connectivity index (χ1v) is 7.81. The van der Waals surface area contributed by atoms with Gasteiger partial charge in [-0.25, -0.2) is 0 Å². The van der Waals surface area contributed by atoms with Crippen molar-refractivity contribution in [2.45, 2.75) is 13.0 Å². The van der Waals surface area contributed by atoms with Gasteiger partial charge in [-0.05, 0) is 29.3 Å². The summed E-state index contributed by atoms with van der Waals surface area (Å²) in [5.41, 5.74) is 2.35. The molecule has 0 aliphatic heterocycles. The van der Waals surface area contributed by atoms with Gasteiger partial charge in [-0.15, -0.1) is 0 Å². The Bertz CT molecular complexity index is 719. The van der Waals surface area contributed by atoms with Crippen molar-refractivity contribution in [1.82, 2.24) is 5.32 Å². The maximum Gasteiger partial charge on any atom is 0.319 e. The SMILES string of the molecule is COC(=O)CN[C@@H](c1ccccc1)c1cc(Cl)ccc1NC(C)=O. The molecule has 0 radical (unpaired) electrons. The minimum Gasteiger partial charge on any atom is -0.468 e. The van der Waals surface area contributed by atoms with Crippen LogP contribution in [0.2, 0.25) is 5.02 Å². The molecule has 24 heavy (non-hydrogen) atoms. The van der Waals surface area contributed by atoms with E-state index in [2.05, 4.69) is 10.6 Å². The molecule has 0 bridgehead atoms. The predicted molar refractivity (Wildman–Crippen MR) is 94.1 cm³/mol. The fourth-order valence-corrected chi connectivity index (χ4v) is 2.57. The second kappa shape index (κ2) is 8.47. The number of carbonyl (C=O) groups is 2. The summed E-state index contributed by atoms with van der Waals surface area (Å²) in [5, 5.41) is 6.50. The van der Waals surface area contributed by atoms with E-state index < -0.39 is 0 Å². The number of anilines is 1. The van der Waals surface area contributed by atoms with Crippen LogP contribution in [0.4, 0.5) is 5.69 Å². The van der Waals surface area contributed by atoms with Gasteiger partial charge in [0.25, 0.3) is 0 Å². The Kier molecular flexibility index (Phi) is 6.35. The average molecular weight is 347 g/mol. The number of nitrogens with one attached hydrogen (secondary N) is 2. The monoisotopic (exact) mass is 346 g/mol. The van der Waals surface area contributed by atoms with Crippen LogP contribution in [0.1, 0.15) is 24.1 Å². The topological polar surface area (TPSA) is 67.4 Å². The van der Waals surface area contributed by atoms with Crippen molar-refractivity contribution in [2.75, 3.05) is 19.0 Å². The van der Waals surface area contributed by atoms with Gasteiger partial charge in [0.15, 0.2) is 0 Å². The van der Waals surface area contributed by atoms with Gasteiger partial charge in [-0.2, -0.15) is 0 Å². The zero-order valence-electron chi connectivity index (χ0n) is 13.5. The molecule has 6 heteroatoms. The standard InChI is InChI=1S/C18H19ClN2O3/c1-12(22)21-16-9-8-14(19)10-15(16)18(20-11-17(23)24-2)13-6-4-3-5-7-13/h3-10,18,20H,11H2,1-2H3,(H,21,22)/t18-/m0/s1. The van der Waals surface area contributed by atoms with E-state index in [1.165, 1.54) is 14.0 Å². The van der Waals surface area contributed by atoms with Gasteiger partial charge in [-0.1, -0.05) is 41.9 Å². The van der Waals surface area contributed by atoms with Gasteiger partial charge >= 0.3 is 5.97 Å². The number of hydrogen-bond acceptors (Lipinski definition) is 4. The molecule has 0 spiro atoms. The van der Waals surface area contributed by atoms with Gasteiger partial charge in [0.1, 0.15) is 0 Å². The lowest BCUT2D eigenvalue weighted by Crippen LogP contribution is -2.29. The zero-order valence-corrected chi connectivity index (χ0v) is 14.3. The highest BCUT2D eigenvalue weighted by Gasteiger charge is 2.19. The molecule has 0 heterocycles. The van der Waals surface area contributed by atoms with Crippen LogP contribution < -0.4 is 10.6 Å². The normalized spacial score (nSPS) is 11.6. The van der Waals surface area contributed by atoms with Crippen LogP contribution >= 0.6 is 11.6 Å². The van der Waals surface area contributed by atoms with E-state index in [1.54, 1.807) is 18.2 Å². The Hall–Kier alpha value is -2.37. The highest BCUT2D eigenvalue weighted by molar-refractivity contribution is 6.30. The van der Waals surface area contributed by atoms with E-state index in [0.717, 1.165) is 11.1 Å². The maximum absolute atomic E-state index is 11.5. The second-order valence-corrected chi connectivity index (χ2v) is 5.65. The van der Waals surface area contributed by atoms with Crippen molar-refractivity contribution >= 4 is 29.2 Å². The van der Waals surface area contributed by atoms with E-state index in [-0.39, 0.29) is 24.5 Å². The second-order valence-electron chi connectivity index (χ2n) is 5.21. The number of rotatable bonds is 6. The molecule has 2 N–H and O–H groups in total. The lowest BCUT2D eigenvalue weighted by atomic mass is 9.97. The van der Waals surface area contributed by atoms with Crippen molar-refractivity contribution < 1.29 is 14.3 Å². The summed E-state index contributed by atoms with van der Waals surface area (Å²) >= 11 is 6.14. The smallest absolute Gasteiger partial charge is 0.319 e. The van der Waals surface area contributed by atoms with Gasteiger partial charge in [0.2, 0.25) is 5.91 Å². The maximum atomic E-state index is 11.5. The number of carbonyl (C=O) groups excluding carboxylic acids is 2. The van der Waals surface area contributed by atoms with Crippen LogP contribution in [-0.2, 0) is 14.3 Å². The molecule has 0 aromatic heterocycles. The first-order valence-electron chi connectivity index (χ1n) is 7.43. The lowest BCUT2D eigenvalue weighted by molar-refractivity contribution is -0.139. The minimum atomic E-state index is -0.376. The number of amides is 1. The summed E-state index contributed by atoms with van der Waals surface area (Å²) in [6.07, 6.45) is 0. The summed E-state index contributed by atoms with van der Waals surface area (Å²) in [5.74, 6) is -0.558. The molecule has 2 aromatic carbocycles. The summed E-state index contributed by atoms with van der Waals surface area (Å²) < 4.78 is 4.69. The summed E-state index contributed by atoms with van der Waals surface area (Å²) in [6, 6.07) is 14.5. The molecule has 1 amide bonds. The number of esters is 1. The van der Waals surface area contributed by atoms with Gasteiger partial charge in [-0.3, -0.25) is 14.9 Å². The van der Waals surface area contributed by atoms with Crippen LogP contribution in [0, 0.1) is 0 Å². The van der Waals surface area contributed by atoms with Crippen LogP contribution in [0.25, 0.3) is 0 Å². The molecule has 0 unspecified atom stereocenters. The fourth-order valence-electron chi connectivity index (χ4n) is 2.39. The number of ether oxygens (including phenoxy) is 1. The first-order chi connectivity index (χ1) is 11.5. The van der Waals surface area contributed by atoms with Gasteiger partial charge < -0.3 is 10.1 Å². The van der Waals surface area contributed by atoms with Crippen molar-refractivity contribution in [1.29, 1.82) is 0 Å². The molecular formula is C18H19ClN2O3. The number of halogens is 1. The Morgan fingerprint density at radius 2 is 1.88 bits per heavy atom. The van der Waals surface area contributed by atoms with Gasteiger partial charge in [0.05, 0.1) is 19.7 Å². The van der Waals surface area contributed by atoms with E-state index >= 15 is 0 Å². The molecule has 1 atom stereocenters. The first kappa shape index (κ1) is 18.0. The van der Waals surface area contributed by atoms with Crippen molar-refractivity contribution in [2.24, 2.45) is 0 Å². The summed E-state index contributed by atoms with van der Waals surface area (Å²) in [6.45, 7) is 1.47. The van der Waals surface area contributed by atoms with E-state index in [9.17, 15) is 9.59 Å². The quantitative estimate of drug-likeness (QED) is 0.788. The molecule has 0 aliphatic carbocycles. The molecule has 0 saturated carbocycles. The minimum absolute atomic E-state index is 0.0298. The van der Waals surface area contributed by atoms with Gasteiger partial charge in [0, 0.05) is 17.6 Å². The lowest BCUT2D eigenvalue weighted by Gasteiger charge is -2.22. The molecule has 126 valence electrons. The molecule has 2 aromatic rings. The van der Waals surface area contributed by atoms with E-state index in [0.29, 0.717) is 10.7 Å². The fraction of sp³-hybridized carbons (Fsp3) is 0.222. The van der Waals surface area contributed by atoms with Crippen LogP contribution in [0.3, 0.4) is 0 Å². The van der Waals surface area contributed by atoms with E-state index in [4.69, 9.17) is 16.3 Å². The Labute approximate surface area is 146 Å². The van der Waals surface area contributed by atoms with E-state index in [1.807, 2.05) is 30.3 Å². The Balaban J connectivity index is 2.44.